The van der Waals surface area contributed by atoms with E-state index in [1.807, 2.05) is 42.8 Å². The number of hydrogen-bond acceptors (Lipinski definition) is 8. The second kappa shape index (κ2) is 23.3. The van der Waals surface area contributed by atoms with Gasteiger partial charge in [0.25, 0.3) is 0 Å². The van der Waals surface area contributed by atoms with Gasteiger partial charge in [-0.05, 0) is 109 Å². The number of alkyl halides is 3. The number of phenols is 2. The number of aliphatic hydroxyl groups is 1. The van der Waals surface area contributed by atoms with Gasteiger partial charge in [0.15, 0.2) is 10.1 Å². The standard InChI is InChI=1S/C63H52N2O3.CHF3O3S.Mn/c66-35-15-16-41-29-32-55-47(36-41)38-49(63(68)61(55)59-51-25-11-8-22-45(51)31-34-54(59)43-19-5-2-6-20-43)40-65-57-28-14-13-27-56(57)64-39-48-37-46-23-9-12-26-52(46)60(62(48)67)58-50-24-10-7-21-44(50)30-33-53(58)42-17-3-1-4-18-42;2-1(3,4)8(5,6)7;/h1-12,17-26,29-34,36-40,56-57,66-68H,13-16,27-28,35H2;(H,5,6,7);/p-1/t56-,57-;;/m0../s1. The molecule has 0 amide bonds. The van der Waals surface area contributed by atoms with Crippen LogP contribution in [0.3, 0.4) is 0 Å². The van der Waals surface area contributed by atoms with E-state index in [9.17, 15) is 28.5 Å². The Hall–Kier alpha value is -7.64. The topological polar surface area (TPSA) is 143 Å². The van der Waals surface area contributed by atoms with Gasteiger partial charge >= 0.3 is 5.51 Å². The van der Waals surface area contributed by atoms with Crippen molar-refractivity contribution in [3.63, 3.8) is 0 Å². The van der Waals surface area contributed by atoms with Gasteiger partial charge in [0, 0.05) is 69.5 Å². The zero-order valence-electron chi connectivity index (χ0n) is 41.5. The number of phenolic OH excluding ortho intramolecular Hbond substituents is 2. The molecular weight excluding hydrogens is 1040 g/mol. The summed E-state index contributed by atoms with van der Waals surface area (Å²) >= 11 is 0. The smallest absolute Gasteiger partial charge is 0.485 e. The van der Waals surface area contributed by atoms with Gasteiger partial charge in [-0.1, -0.05) is 189 Å². The van der Waals surface area contributed by atoms with E-state index in [0.29, 0.717) is 17.5 Å². The van der Waals surface area contributed by atoms with E-state index < -0.39 is 15.6 Å². The molecule has 8 nitrogen and oxygen atoms in total. The van der Waals surface area contributed by atoms with Crippen LogP contribution in [0, 0.1) is 0 Å². The second-order valence-electron chi connectivity index (χ2n) is 19.0. The molecule has 0 spiro atoms. The Morgan fingerprint density at radius 1 is 0.519 bits per heavy atom. The molecule has 1 radical (unpaired) electrons. The van der Waals surface area contributed by atoms with Crippen molar-refractivity contribution in [3.05, 3.63) is 205 Å². The summed E-state index contributed by atoms with van der Waals surface area (Å²) in [6.45, 7) is 0.124. The van der Waals surface area contributed by atoms with Gasteiger partial charge in [0.05, 0.1) is 12.1 Å². The van der Waals surface area contributed by atoms with Gasteiger partial charge in [0.2, 0.25) is 0 Å². The maximum Gasteiger partial charge on any atom is 0.485 e. The molecule has 1 aliphatic rings. The number of aliphatic hydroxyl groups excluding tert-OH is 1. The SMILES string of the molecule is O=S(=O)([O-])C(F)(F)F.OCCCc1ccc2c(-c3c(-c4ccccc4)ccc4ccccc34)c(O)c(C=N[C@H]3CCCC[C@@H]3N=Cc3cc4ccccc4c(-c4c(-c5ccccc5)ccc5ccccc45)c3O)cc2c1.[Mn]. The zero-order chi connectivity index (χ0) is 53.0. The second-order valence-corrected chi connectivity index (χ2v) is 20.4. The molecule has 0 saturated heterocycles. The Balaban J connectivity index is 0.000000745. The van der Waals surface area contributed by atoms with E-state index in [1.54, 1.807) is 0 Å². The number of aromatic hydroxyl groups is 2. The van der Waals surface area contributed by atoms with Crippen molar-refractivity contribution in [1.82, 2.24) is 0 Å². The van der Waals surface area contributed by atoms with Crippen LogP contribution in [0.1, 0.15) is 48.8 Å². The molecule has 0 bridgehead atoms. The minimum atomic E-state index is -6.09. The largest absolute Gasteiger partial charge is 0.741 e. The fraction of sp³-hybridized carbons (Fsp3) is 0.156. The van der Waals surface area contributed by atoms with Crippen molar-refractivity contribution in [2.24, 2.45) is 9.98 Å². The van der Waals surface area contributed by atoms with Gasteiger partial charge in [-0.2, -0.15) is 13.2 Å². The van der Waals surface area contributed by atoms with Crippen LogP contribution in [0.25, 0.3) is 87.6 Å². The summed E-state index contributed by atoms with van der Waals surface area (Å²) in [6.07, 6.45) is 8.93. The number of nitrogens with zero attached hydrogens (tertiary/aromatic N) is 2. The number of fused-ring (bicyclic) bond motifs is 4. The predicted molar refractivity (Wildman–Crippen MR) is 300 cm³/mol. The summed E-state index contributed by atoms with van der Waals surface area (Å²) < 4.78 is 58.9. The van der Waals surface area contributed by atoms with Crippen LogP contribution in [-0.4, -0.2) is 64.9 Å². The van der Waals surface area contributed by atoms with E-state index in [2.05, 4.69) is 158 Å². The quantitative estimate of drug-likeness (QED) is 0.0509. The van der Waals surface area contributed by atoms with Gasteiger partial charge in [-0.15, -0.1) is 0 Å². The molecule has 0 aromatic heterocycles. The van der Waals surface area contributed by atoms with Crippen LogP contribution in [0.4, 0.5) is 13.2 Å². The summed E-state index contributed by atoms with van der Waals surface area (Å²) in [5, 5.41) is 43.1. The Labute approximate surface area is 455 Å². The zero-order valence-corrected chi connectivity index (χ0v) is 43.5. The van der Waals surface area contributed by atoms with Crippen LogP contribution in [0.15, 0.2) is 198 Å². The van der Waals surface area contributed by atoms with E-state index in [-0.39, 0.29) is 47.3 Å². The van der Waals surface area contributed by atoms with Crippen LogP contribution >= 0.6 is 0 Å². The third-order valence-electron chi connectivity index (χ3n) is 14.2. The number of rotatable bonds is 11. The average Bonchev–Trinajstić information content (AvgIpc) is 3.46. The Morgan fingerprint density at radius 3 is 1.38 bits per heavy atom. The first kappa shape index (κ1) is 54.2. The van der Waals surface area contributed by atoms with Crippen LogP contribution in [-0.2, 0) is 33.6 Å². The van der Waals surface area contributed by atoms with Crippen molar-refractivity contribution in [2.45, 2.75) is 56.1 Å². The molecule has 1 aliphatic carbocycles. The number of aryl methyl sites for hydroxylation is 1. The summed E-state index contributed by atoms with van der Waals surface area (Å²) in [5.74, 6) is 0.387. The molecule has 13 heteroatoms. The van der Waals surface area contributed by atoms with Crippen LogP contribution < -0.4 is 0 Å². The van der Waals surface area contributed by atoms with E-state index in [0.717, 1.165) is 125 Å². The molecule has 3 N–H and O–H groups in total. The van der Waals surface area contributed by atoms with Crippen molar-refractivity contribution in [3.8, 4) is 56.0 Å². The number of aliphatic imine (C=N–C) groups is 2. The molecule has 1 fully saturated rings. The minimum absolute atomic E-state index is 0. The summed E-state index contributed by atoms with van der Waals surface area (Å²) in [7, 11) is -6.09. The van der Waals surface area contributed by atoms with Gasteiger partial charge < -0.3 is 19.9 Å². The van der Waals surface area contributed by atoms with Crippen LogP contribution in [0.2, 0.25) is 0 Å². The summed E-state index contributed by atoms with van der Waals surface area (Å²) in [5.41, 5.74) is 4.58. The van der Waals surface area contributed by atoms with Crippen LogP contribution in [0.5, 0.6) is 11.5 Å². The molecule has 11 rings (SSSR count). The van der Waals surface area contributed by atoms with Gasteiger partial charge in [0.1, 0.15) is 11.5 Å². The molecule has 0 aliphatic heterocycles. The first-order valence-corrected chi connectivity index (χ1v) is 26.6. The van der Waals surface area contributed by atoms with Gasteiger partial charge in [-0.3, -0.25) is 9.98 Å². The van der Waals surface area contributed by atoms with E-state index >= 15 is 0 Å². The maximum atomic E-state index is 12.6. The summed E-state index contributed by atoms with van der Waals surface area (Å²) in [4.78, 5) is 10.6. The van der Waals surface area contributed by atoms with Crippen molar-refractivity contribution >= 4 is 65.6 Å². The average molecular weight is 1090 g/mol. The fourth-order valence-electron chi connectivity index (χ4n) is 10.6. The van der Waals surface area contributed by atoms with Crippen molar-refractivity contribution in [2.75, 3.05) is 6.61 Å². The molecule has 10 aromatic rings. The predicted octanol–water partition coefficient (Wildman–Crippen LogP) is 15.2. The fourth-order valence-corrected chi connectivity index (χ4v) is 10.6. The molecule has 10 aromatic carbocycles. The van der Waals surface area contributed by atoms with Gasteiger partial charge in [-0.25, -0.2) is 8.42 Å². The Bertz CT molecular complexity index is 3950. The van der Waals surface area contributed by atoms with E-state index in [4.69, 9.17) is 23.0 Å². The third kappa shape index (κ3) is 11.4. The number of hydrogen-bond donors (Lipinski definition) is 3. The molecule has 0 unspecified atom stereocenters. The first-order valence-electron chi connectivity index (χ1n) is 25.2. The van der Waals surface area contributed by atoms with Crippen molar-refractivity contribution < 1.29 is 58.5 Å². The monoisotopic (exact) mass is 1090 g/mol. The minimum Gasteiger partial charge on any atom is -0.741 e. The van der Waals surface area contributed by atoms with Crippen molar-refractivity contribution in [1.29, 1.82) is 0 Å². The molecule has 0 heterocycles. The molecular formula is C64H52F3MnN2O6S-. The number of benzene rings is 10. The van der Waals surface area contributed by atoms with E-state index in [1.165, 1.54) is 0 Å². The maximum absolute atomic E-state index is 12.6. The normalized spacial score (nSPS) is 15.0. The molecule has 389 valence electrons. The number of halogens is 3. The Kier molecular flexibility index (Phi) is 16.4. The third-order valence-corrected chi connectivity index (χ3v) is 14.8. The molecule has 2 atom stereocenters. The Morgan fingerprint density at radius 2 is 0.922 bits per heavy atom. The first-order chi connectivity index (χ1) is 36.8. The molecule has 77 heavy (non-hydrogen) atoms. The summed E-state index contributed by atoms with van der Waals surface area (Å²) in [6, 6.07) is 64.8. The molecule has 1 saturated carbocycles.